The molecule has 3 heteroatoms. The van der Waals surface area contributed by atoms with Gasteiger partial charge >= 0.3 is 0 Å². The van der Waals surface area contributed by atoms with E-state index in [4.69, 9.17) is 4.74 Å². The average molecular weight is 201 g/mol. The SMILES string of the molecule is CCNC(=O)C(CC(C)(C)C)OCC. The molecule has 0 radical (unpaired) electrons. The lowest BCUT2D eigenvalue weighted by Gasteiger charge is -2.24. The molecule has 0 bridgehead atoms. The molecule has 0 aromatic heterocycles. The molecule has 0 aromatic rings. The van der Waals surface area contributed by atoms with Gasteiger partial charge in [-0.2, -0.15) is 0 Å². The van der Waals surface area contributed by atoms with Crippen LogP contribution in [0.15, 0.2) is 0 Å². The van der Waals surface area contributed by atoms with Gasteiger partial charge in [0.05, 0.1) is 0 Å². The van der Waals surface area contributed by atoms with Crippen LogP contribution in [-0.2, 0) is 9.53 Å². The number of nitrogens with one attached hydrogen (secondary N) is 1. The van der Waals surface area contributed by atoms with Crippen molar-refractivity contribution in [3.63, 3.8) is 0 Å². The van der Waals surface area contributed by atoms with Crippen LogP contribution < -0.4 is 5.32 Å². The van der Waals surface area contributed by atoms with Gasteiger partial charge in [-0.15, -0.1) is 0 Å². The lowest BCUT2D eigenvalue weighted by atomic mass is 9.89. The number of ether oxygens (including phenoxy) is 1. The van der Waals surface area contributed by atoms with E-state index in [2.05, 4.69) is 26.1 Å². The molecule has 1 atom stereocenters. The Morgan fingerprint density at radius 2 is 1.93 bits per heavy atom. The van der Waals surface area contributed by atoms with E-state index >= 15 is 0 Å². The monoisotopic (exact) mass is 201 g/mol. The Balaban J connectivity index is 4.21. The first-order valence-electron chi connectivity index (χ1n) is 5.30. The third-order valence-corrected chi connectivity index (χ3v) is 1.81. The van der Waals surface area contributed by atoms with Crippen LogP contribution >= 0.6 is 0 Å². The van der Waals surface area contributed by atoms with Crippen LogP contribution in [0.1, 0.15) is 41.0 Å². The van der Waals surface area contributed by atoms with Gasteiger partial charge in [-0.05, 0) is 25.7 Å². The second-order valence-electron chi connectivity index (χ2n) is 4.60. The minimum atomic E-state index is -0.306. The van der Waals surface area contributed by atoms with Gasteiger partial charge < -0.3 is 10.1 Å². The number of likely N-dealkylation sites (N-methyl/N-ethyl adjacent to an activating group) is 1. The highest BCUT2D eigenvalue weighted by molar-refractivity contribution is 5.80. The zero-order valence-corrected chi connectivity index (χ0v) is 10.0. The Labute approximate surface area is 87.2 Å². The third-order valence-electron chi connectivity index (χ3n) is 1.81. The van der Waals surface area contributed by atoms with E-state index in [1.54, 1.807) is 0 Å². The van der Waals surface area contributed by atoms with Crippen LogP contribution in [0.5, 0.6) is 0 Å². The summed E-state index contributed by atoms with van der Waals surface area (Å²) < 4.78 is 5.42. The molecule has 1 unspecified atom stereocenters. The van der Waals surface area contributed by atoms with Crippen LogP contribution in [-0.4, -0.2) is 25.2 Å². The lowest BCUT2D eigenvalue weighted by molar-refractivity contribution is -0.134. The summed E-state index contributed by atoms with van der Waals surface area (Å²) in [6.07, 6.45) is 0.451. The lowest BCUT2D eigenvalue weighted by Crippen LogP contribution is -2.38. The number of carbonyl (C=O) groups excluding carboxylic acids is 1. The van der Waals surface area contributed by atoms with E-state index in [1.807, 2.05) is 13.8 Å². The molecule has 0 aliphatic rings. The highest BCUT2D eigenvalue weighted by Gasteiger charge is 2.24. The Bertz CT molecular complexity index is 173. The Morgan fingerprint density at radius 1 is 1.36 bits per heavy atom. The fourth-order valence-electron chi connectivity index (χ4n) is 1.27. The number of hydrogen-bond acceptors (Lipinski definition) is 2. The van der Waals surface area contributed by atoms with E-state index in [9.17, 15) is 4.79 Å². The number of rotatable bonds is 5. The van der Waals surface area contributed by atoms with E-state index in [-0.39, 0.29) is 17.4 Å². The highest BCUT2D eigenvalue weighted by atomic mass is 16.5. The van der Waals surface area contributed by atoms with Crippen molar-refractivity contribution in [3.8, 4) is 0 Å². The fraction of sp³-hybridized carbons (Fsp3) is 0.909. The van der Waals surface area contributed by atoms with Gasteiger partial charge in [-0.25, -0.2) is 0 Å². The zero-order valence-electron chi connectivity index (χ0n) is 10.0. The Hall–Kier alpha value is -0.570. The van der Waals surface area contributed by atoms with Crippen molar-refractivity contribution in [2.75, 3.05) is 13.2 Å². The molecule has 1 amide bonds. The van der Waals surface area contributed by atoms with Crippen LogP contribution in [0, 0.1) is 5.41 Å². The van der Waals surface area contributed by atoms with E-state index in [0.29, 0.717) is 13.2 Å². The topological polar surface area (TPSA) is 38.3 Å². The van der Waals surface area contributed by atoms with Gasteiger partial charge in [0.15, 0.2) is 0 Å². The maximum atomic E-state index is 11.6. The number of hydrogen-bond donors (Lipinski definition) is 1. The molecule has 0 fully saturated rings. The minimum absolute atomic E-state index is 0.00396. The summed E-state index contributed by atoms with van der Waals surface area (Å²) >= 11 is 0. The summed E-state index contributed by atoms with van der Waals surface area (Å²) in [5.41, 5.74) is 0.116. The summed E-state index contributed by atoms with van der Waals surface area (Å²) in [6, 6.07) is 0. The average Bonchev–Trinajstić information content (AvgIpc) is 2.01. The number of amides is 1. The Kier molecular flexibility index (Phi) is 5.77. The van der Waals surface area contributed by atoms with Gasteiger partial charge in [0, 0.05) is 13.2 Å². The second-order valence-corrected chi connectivity index (χ2v) is 4.60. The van der Waals surface area contributed by atoms with Crippen molar-refractivity contribution < 1.29 is 9.53 Å². The van der Waals surface area contributed by atoms with E-state index < -0.39 is 0 Å². The van der Waals surface area contributed by atoms with Crippen molar-refractivity contribution in [1.82, 2.24) is 5.32 Å². The molecule has 0 heterocycles. The molecule has 0 rings (SSSR count). The molecule has 0 aliphatic heterocycles. The Morgan fingerprint density at radius 3 is 2.29 bits per heavy atom. The first-order chi connectivity index (χ1) is 6.40. The summed E-state index contributed by atoms with van der Waals surface area (Å²) in [6.45, 7) is 11.4. The molecule has 0 aromatic carbocycles. The molecule has 84 valence electrons. The molecular weight excluding hydrogens is 178 g/mol. The van der Waals surface area contributed by atoms with Crippen molar-refractivity contribution in [2.45, 2.75) is 47.1 Å². The van der Waals surface area contributed by atoms with Gasteiger partial charge in [0.2, 0.25) is 5.91 Å². The normalized spacial score (nSPS) is 13.8. The van der Waals surface area contributed by atoms with Gasteiger partial charge in [-0.1, -0.05) is 20.8 Å². The molecular formula is C11H23NO2. The van der Waals surface area contributed by atoms with Crippen LogP contribution in [0.2, 0.25) is 0 Å². The largest absolute Gasteiger partial charge is 0.369 e. The predicted molar refractivity (Wildman–Crippen MR) is 58.2 cm³/mol. The minimum Gasteiger partial charge on any atom is -0.369 e. The van der Waals surface area contributed by atoms with Crippen LogP contribution in [0.25, 0.3) is 0 Å². The summed E-state index contributed by atoms with van der Waals surface area (Å²) in [7, 11) is 0. The zero-order chi connectivity index (χ0) is 11.2. The molecule has 14 heavy (non-hydrogen) atoms. The molecule has 0 aliphatic carbocycles. The van der Waals surface area contributed by atoms with Gasteiger partial charge in [0.25, 0.3) is 0 Å². The third kappa shape index (κ3) is 5.97. The van der Waals surface area contributed by atoms with E-state index in [1.165, 1.54) is 0 Å². The van der Waals surface area contributed by atoms with Crippen LogP contribution in [0.4, 0.5) is 0 Å². The van der Waals surface area contributed by atoms with Crippen molar-refractivity contribution in [3.05, 3.63) is 0 Å². The molecule has 0 saturated heterocycles. The molecule has 1 N–H and O–H groups in total. The van der Waals surface area contributed by atoms with Gasteiger partial charge in [-0.3, -0.25) is 4.79 Å². The summed E-state index contributed by atoms with van der Waals surface area (Å²) in [4.78, 5) is 11.6. The summed E-state index contributed by atoms with van der Waals surface area (Å²) in [5.74, 6) is 0.00396. The fourth-order valence-corrected chi connectivity index (χ4v) is 1.27. The number of carbonyl (C=O) groups is 1. The standard InChI is InChI=1S/C11H23NO2/c1-6-12-10(13)9(14-7-2)8-11(3,4)5/h9H,6-8H2,1-5H3,(H,12,13). The van der Waals surface area contributed by atoms with Crippen LogP contribution in [0.3, 0.4) is 0 Å². The predicted octanol–water partition coefficient (Wildman–Crippen LogP) is 1.96. The highest BCUT2D eigenvalue weighted by Crippen LogP contribution is 2.22. The van der Waals surface area contributed by atoms with E-state index in [0.717, 1.165) is 6.42 Å². The maximum absolute atomic E-state index is 11.6. The smallest absolute Gasteiger partial charge is 0.249 e. The molecule has 3 nitrogen and oxygen atoms in total. The van der Waals surface area contributed by atoms with Gasteiger partial charge in [0.1, 0.15) is 6.10 Å². The molecule has 0 saturated carbocycles. The van der Waals surface area contributed by atoms with Crippen molar-refractivity contribution in [1.29, 1.82) is 0 Å². The quantitative estimate of drug-likeness (QED) is 0.738. The maximum Gasteiger partial charge on any atom is 0.249 e. The van der Waals surface area contributed by atoms with Crippen molar-refractivity contribution in [2.24, 2.45) is 5.41 Å². The summed E-state index contributed by atoms with van der Waals surface area (Å²) in [5, 5.41) is 2.79. The second kappa shape index (κ2) is 6.02. The first kappa shape index (κ1) is 13.4. The molecule has 0 spiro atoms. The first-order valence-corrected chi connectivity index (χ1v) is 5.30. The van der Waals surface area contributed by atoms with Crippen molar-refractivity contribution >= 4 is 5.91 Å².